The molecule has 4 heteroatoms. The first-order chi connectivity index (χ1) is 15.6. The number of carbonyl (C=O) groups excluding carboxylic acids is 1. The summed E-state index contributed by atoms with van der Waals surface area (Å²) in [5, 5.41) is 23.0. The molecule has 3 aromatic carbocycles. The minimum absolute atomic E-state index is 0.0211. The van der Waals surface area contributed by atoms with Crippen molar-refractivity contribution >= 4 is 22.3 Å². The van der Waals surface area contributed by atoms with Crippen LogP contribution in [0.2, 0.25) is 0 Å². The Kier molecular flexibility index (Phi) is 6.81. The number of rotatable bonds is 6. The van der Waals surface area contributed by atoms with Gasteiger partial charge in [0.25, 0.3) is 0 Å². The van der Waals surface area contributed by atoms with Crippen LogP contribution >= 0.6 is 0 Å². The number of aliphatic hydroxyl groups is 2. The van der Waals surface area contributed by atoms with E-state index in [1.54, 1.807) is 0 Å². The molecule has 0 amide bonds. The normalized spacial score (nSPS) is 20.5. The standard InChI is InChI=1S/C28H29NO3/c1-2-23(18-30)29-25-15-22(19-9-4-3-5-10-19)17-27(32)28(25)26(31)16-21-13-8-12-20-11-6-7-14-24(20)21/h3-14,22-23,30-31H,2,15-18H2,1H3/b28-26-,29-25?. The Balaban J connectivity index is 1.74. The largest absolute Gasteiger partial charge is 0.511 e. The van der Waals surface area contributed by atoms with E-state index in [0.717, 1.165) is 21.9 Å². The van der Waals surface area contributed by atoms with Gasteiger partial charge in [0, 0.05) is 12.8 Å². The summed E-state index contributed by atoms with van der Waals surface area (Å²) >= 11 is 0. The number of hydrogen-bond donors (Lipinski definition) is 2. The van der Waals surface area contributed by atoms with Crippen LogP contribution in [0, 0.1) is 0 Å². The molecule has 1 aliphatic rings. The molecule has 2 unspecified atom stereocenters. The van der Waals surface area contributed by atoms with Gasteiger partial charge in [0.2, 0.25) is 0 Å². The average Bonchev–Trinajstić information content (AvgIpc) is 2.83. The number of aliphatic imine (C=N–C) groups is 1. The number of hydrogen-bond acceptors (Lipinski definition) is 4. The molecular weight excluding hydrogens is 398 g/mol. The summed E-state index contributed by atoms with van der Waals surface area (Å²) in [5.74, 6) is -0.00783. The lowest BCUT2D eigenvalue weighted by Crippen LogP contribution is -2.28. The van der Waals surface area contributed by atoms with Crippen LogP contribution in [0.5, 0.6) is 0 Å². The van der Waals surface area contributed by atoms with E-state index in [0.29, 0.717) is 30.5 Å². The number of aliphatic hydroxyl groups excluding tert-OH is 2. The van der Waals surface area contributed by atoms with Crippen LogP contribution in [0.1, 0.15) is 43.2 Å². The highest BCUT2D eigenvalue weighted by atomic mass is 16.3. The smallest absolute Gasteiger partial charge is 0.168 e. The second-order valence-corrected chi connectivity index (χ2v) is 8.40. The van der Waals surface area contributed by atoms with Crippen molar-refractivity contribution in [1.29, 1.82) is 0 Å². The molecule has 0 heterocycles. The number of ketones is 1. The second kappa shape index (κ2) is 9.92. The van der Waals surface area contributed by atoms with Crippen molar-refractivity contribution in [2.24, 2.45) is 4.99 Å². The summed E-state index contributed by atoms with van der Waals surface area (Å²) in [6.45, 7) is 1.88. The molecule has 1 aliphatic carbocycles. The van der Waals surface area contributed by atoms with E-state index in [1.807, 2.05) is 79.7 Å². The molecule has 0 spiro atoms. The van der Waals surface area contributed by atoms with Gasteiger partial charge in [-0.2, -0.15) is 0 Å². The van der Waals surface area contributed by atoms with Gasteiger partial charge >= 0.3 is 0 Å². The van der Waals surface area contributed by atoms with Crippen molar-refractivity contribution in [3.8, 4) is 0 Å². The summed E-state index contributed by atoms with van der Waals surface area (Å²) in [7, 11) is 0. The minimum Gasteiger partial charge on any atom is -0.511 e. The van der Waals surface area contributed by atoms with Crippen molar-refractivity contribution in [3.05, 3.63) is 95.3 Å². The van der Waals surface area contributed by atoms with Crippen LogP contribution < -0.4 is 0 Å². The third kappa shape index (κ3) is 4.66. The Labute approximate surface area is 188 Å². The number of carbonyl (C=O) groups is 1. The van der Waals surface area contributed by atoms with Crippen LogP contribution in [0.25, 0.3) is 10.8 Å². The lowest BCUT2D eigenvalue weighted by atomic mass is 9.78. The van der Waals surface area contributed by atoms with Crippen molar-refractivity contribution in [2.45, 2.75) is 44.6 Å². The summed E-state index contributed by atoms with van der Waals surface area (Å²) in [6.07, 6.45) is 1.85. The van der Waals surface area contributed by atoms with Crippen LogP contribution in [-0.2, 0) is 11.2 Å². The van der Waals surface area contributed by atoms with Crippen molar-refractivity contribution in [1.82, 2.24) is 0 Å². The maximum atomic E-state index is 13.3. The molecule has 3 aromatic rings. The highest BCUT2D eigenvalue weighted by Crippen LogP contribution is 2.34. The van der Waals surface area contributed by atoms with Gasteiger partial charge in [-0.15, -0.1) is 0 Å². The predicted octanol–water partition coefficient (Wildman–Crippen LogP) is 5.55. The zero-order valence-electron chi connectivity index (χ0n) is 18.4. The number of Topliss-reactive ketones (excluding diaryl/α,β-unsaturated/α-hetero) is 1. The predicted molar refractivity (Wildman–Crippen MR) is 129 cm³/mol. The zero-order chi connectivity index (χ0) is 22.5. The zero-order valence-corrected chi connectivity index (χ0v) is 18.4. The van der Waals surface area contributed by atoms with E-state index in [-0.39, 0.29) is 36.5 Å². The lowest BCUT2D eigenvalue weighted by molar-refractivity contribution is -0.115. The summed E-state index contributed by atoms with van der Waals surface area (Å²) in [5.41, 5.74) is 3.00. The van der Waals surface area contributed by atoms with Gasteiger partial charge in [-0.05, 0) is 40.7 Å². The van der Waals surface area contributed by atoms with Crippen LogP contribution in [0.3, 0.4) is 0 Å². The van der Waals surface area contributed by atoms with Gasteiger partial charge in [-0.3, -0.25) is 9.79 Å². The maximum Gasteiger partial charge on any atom is 0.168 e. The van der Waals surface area contributed by atoms with E-state index < -0.39 is 0 Å². The molecule has 0 bridgehead atoms. The van der Waals surface area contributed by atoms with Crippen LogP contribution in [-0.4, -0.2) is 34.4 Å². The molecule has 2 N–H and O–H groups in total. The van der Waals surface area contributed by atoms with Gasteiger partial charge in [0.1, 0.15) is 5.76 Å². The van der Waals surface area contributed by atoms with E-state index in [1.165, 1.54) is 0 Å². The van der Waals surface area contributed by atoms with Crippen molar-refractivity contribution in [3.63, 3.8) is 0 Å². The third-order valence-corrected chi connectivity index (χ3v) is 6.26. The Morgan fingerprint density at radius 3 is 2.47 bits per heavy atom. The molecule has 32 heavy (non-hydrogen) atoms. The molecule has 2 atom stereocenters. The van der Waals surface area contributed by atoms with Crippen LogP contribution in [0.15, 0.2) is 89.1 Å². The number of fused-ring (bicyclic) bond motifs is 1. The first-order valence-electron chi connectivity index (χ1n) is 11.3. The Bertz CT molecular complexity index is 1150. The second-order valence-electron chi connectivity index (χ2n) is 8.40. The van der Waals surface area contributed by atoms with E-state index in [9.17, 15) is 15.0 Å². The van der Waals surface area contributed by atoms with Crippen molar-refractivity contribution < 1.29 is 15.0 Å². The highest BCUT2D eigenvalue weighted by Gasteiger charge is 2.33. The average molecular weight is 428 g/mol. The molecular formula is C28H29NO3. The summed E-state index contributed by atoms with van der Waals surface area (Å²) in [4.78, 5) is 18.0. The molecule has 4 rings (SSSR count). The molecule has 164 valence electrons. The molecule has 0 aliphatic heterocycles. The monoisotopic (exact) mass is 427 g/mol. The lowest BCUT2D eigenvalue weighted by Gasteiger charge is -2.27. The van der Waals surface area contributed by atoms with Gasteiger partial charge < -0.3 is 10.2 Å². The van der Waals surface area contributed by atoms with E-state index >= 15 is 0 Å². The summed E-state index contributed by atoms with van der Waals surface area (Å²) in [6, 6.07) is 23.7. The molecule has 1 fully saturated rings. The third-order valence-electron chi connectivity index (χ3n) is 6.26. The maximum absolute atomic E-state index is 13.3. The molecule has 0 radical (unpaired) electrons. The van der Waals surface area contributed by atoms with Crippen molar-refractivity contribution in [2.75, 3.05) is 6.61 Å². The Morgan fingerprint density at radius 1 is 1.00 bits per heavy atom. The first kappa shape index (κ1) is 22.0. The Morgan fingerprint density at radius 2 is 1.72 bits per heavy atom. The molecule has 4 nitrogen and oxygen atoms in total. The quantitative estimate of drug-likeness (QED) is 0.400. The van der Waals surface area contributed by atoms with Gasteiger partial charge in [0.05, 0.1) is 23.9 Å². The molecule has 0 saturated heterocycles. The fourth-order valence-electron chi connectivity index (χ4n) is 4.50. The van der Waals surface area contributed by atoms with Gasteiger partial charge in [0.15, 0.2) is 5.78 Å². The number of allylic oxidation sites excluding steroid dienone is 2. The molecule has 0 aromatic heterocycles. The highest BCUT2D eigenvalue weighted by molar-refractivity contribution is 6.25. The van der Waals surface area contributed by atoms with E-state index in [2.05, 4.69) is 0 Å². The summed E-state index contributed by atoms with van der Waals surface area (Å²) < 4.78 is 0. The molecule has 1 saturated carbocycles. The number of nitrogens with zero attached hydrogens (tertiary/aromatic N) is 1. The SMILES string of the molecule is CCC(CO)N=C1CC(c2ccccc2)CC(=O)/C1=C(\O)Cc1cccc2ccccc12. The first-order valence-corrected chi connectivity index (χ1v) is 11.3. The fourth-order valence-corrected chi connectivity index (χ4v) is 4.50. The fraction of sp³-hybridized carbons (Fsp3) is 0.286. The topological polar surface area (TPSA) is 69.9 Å². The Hall–Kier alpha value is -3.24. The number of benzene rings is 3. The minimum atomic E-state index is -0.285. The van der Waals surface area contributed by atoms with E-state index in [4.69, 9.17) is 4.99 Å². The van der Waals surface area contributed by atoms with Gasteiger partial charge in [-0.25, -0.2) is 0 Å². The van der Waals surface area contributed by atoms with Gasteiger partial charge in [-0.1, -0.05) is 79.7 Å². The van der Waals surface area contributed by atoms with Crippen LogP contribution in [0.4, 0.5) is 0 Å².